The maximum atomic E-state index is 5.95. The number of nitrogens with zero attached hydrogens (tertiary/aromatic N) is 1. The summed E-state index contributed by atoms with van der Waals surface area (Å²) in [5, 5.41) is 3.49. The van der Waals surface area contributed by atoms with Crippen molar-refractivity contribution in [2.75, 3.05) is 39.9 Å². The fourth-order valence-electron chi connectivity index (χ4n) is 3.97. The molecule has 25 heavy (non-hydrogen) atoms. The zero-order chi connectivity index (χ0) is 17.0. The molecule has 0 aliphatic carbocycles. The molecule has 0 amide bonds. The van der Waals surface area contributed by atoms with Crippen LogP contribution in [0.4, 0.5) is 0 Å². The van der Waals surface area contributed by atoms with Gasteiger partial charge in [0.25, 0.3) is 0 Å². The Balaban J connectivity index is 0.00000225. The third-order valence-corrected chi connectivity index (χ3v) is 5.39. The van der Waals surface area contributed by atoms with Crippen LogP contribution in [0, 0.1) is 11.3 Å². The molecule has 0 unspecified atom stereocenters. The summed E-state index contributed by atoms with van der Waals surface area (Å²) in [7, 11) is 1.71. The summed E-state index contributed by atoms with van der Waals surface area (Å²) in [5.74, 6) is 2.21. The molecule has 2 fully saturated rings. The van der Waals surface area contributed by atoms with Gasteiger partial charge in [0, 0.05) is 13.1 Å². The molecule has 142 valence electrons. The van der Waals surface area contributed by atoms with Crippen molar-refractivity contribution >= 4 is 12.4 Å². The van der Waals surface area contributed by atoms with E-state index in [0.717, 1.165) is 24.7 Å². The van der Waals surface area contributed by atoms with E-state index in [1.807, 2.05) is 6.07 Å². The number of ether oxygens (including phenoxy) is 2. The minimum absolute atomic E-state index is 0. The lowest BCUT2D eigenvalue weighted by atomic mass is 9.78. The van der Waals surface area contributed by atoms with Crippen LogP contribution in [0.2, 0.25) is 0 Å². The molecular formula is C20H33ClN2O2. The third kappa shape index (κ3) is 5.25. The molecule has 1 spiro atoms. The highest BCUT2D eigenvalue weighted by atomic mass is 35.5. The molecule has 0 aromatic heterocycles. The summed E-state index contributed by atoms with van der Waals surface area (Å²) in [6.45, 7) is 10.9. The van der Waals surface area contributed by atoms with Gasteiger partial charge < -0.3 is 14.8 Å². The first-order chi connectivity index (χ1) is 11.6. The van der Waals surface area contributed by atoms with Gasteiger partial charge in [-0.25, -0.2) is 0 Å². The van der Waals surface area contributed by atoms with E-state index in [4.69, 9.17) is 9.47 Å². The van der Waals surface area contributed by atoms with Gasteiger partial charge in [-0.3, -0.25) is 4.90 Å². The Labute approximate surface area is 158 Å². The molecule has 0 bridgehead atoms. The molecule has 1 N–H and O–H groups in total. The molecule has 2 saturated heterocycles. The van der Waals surface area contributed by atoms with Crippen LogP contribution >= 0.6 is 12.4 Å². The number of likely N-dealkylation sites (tertiary alicyclic amines) is 1. The maximum Gasteiger partial charge on any atom is 0.161 e. The number of halogens is 1. The van der Waals surface area contributed by atoms with Gasteiger partial charge in [0.2, 0.25) is 0 Å². The summed E-state index contributed by atoms with van der Waals surface area (Å²) in [4.78, 5) is 2.61. The Morgan fingerprint density at radius 1 is 1.16 bits per heavy atom. The molecule has 2 heterocycles. The fourth-order valence-corrected chi connectivity index (χ4v) is 3.97. The normalized spacial score (nSPS) is 19.8. The van der Waals surface area contributed by atoms with Gasteiger partial charge >= 0.3 is 0 Å². The van der Waals surface area contributed by atoms with Crippen LogP contribution in [-0.4, -0.2) is 44.8 Å². The quantitative estimate of drug-likeness (QED) is 0.829. The van der Waals surface area contributed by atoms with Crippen molar-refractivity contribution in [2.45, 2.75) is 39.7 Å². The molecular weight excluding hydrogens is 336 g/mol. The van der Waals surface area contributed by atoms with Crippen molar-refractivity contribution < 1.29 is 9.47 Å². The van der Waals surface area contributed by atoms with Crippen molar-refractivity contribution in [3.63, 3.8) is 0 Å². The molecule has 0 radical (unpaired) electrons. The number of rotatable bonds is 6. The average Bonchev–Trinajstić information content (AvgIpc) is 2.95. The van der Waals surface area contributed by atoms with Crippen molar-refractivity contribution in [3.05, 3.63) is 23.8 Å². The standard InChI is InChI=1S/C20H32N2O2.ClH/c1-16(2)14-24-19-12-17(4-5-18(19)23-3)13-22-11-8-20(15-22)6-9-21-10-7-20;/h4-5,12,16,21H,6-11,13-15H2,1-3H3;1H. The number of methoxy groups -OCH3 is 1. The predicted molar refractivity (Wildman–Crippen MR) is 105 cm³/mol. The highest BCUT2D eigenvalue weighted by molar-refractivity contribution is 5.85. The van der Waals surface area contributed by atoms with Gasteiger partial charge in [-0.05, 0) is 67.9 Å². The molecule has 0 saturated carbocycles. The Bertz CT molecular complexity index is 544. The first kappa shape index (κ1) is 20.3. The van der Waals surface area contributed by atoms with E-state index in [1.165, 1.54) is 51.0 Å². The molecule has 2 aliphatic rings. The van der Waals surface area contributed by atoms with Gasteiger partial charge in [-0.1, -0.05) is 19.9 Å². The Morgan fingerprint density at radius 3 is 2.60 bits per heavy atom. The number of hydrogen-bond acceptors (Lipinski definition) is 4. The van der Waals surface area contributed by atoms with Crippen LogP contribution in [0.3, 0.4) is 0 Å². The number of benzene rings is 1. The molecule has 3 rings (SSSR count). The number of piperidine rings is 1. The third-order valence-electron chi connectivity index (χ3n) is 5.39. The van der Waals surface area contributed by atoms with Crippen LogP contribution in [0.25, 0.3) is 0 Å². The largest absolute Gasteiger partial charge is 0.493 e. The maximum absolute atomic E-state index is 5.95. The van der Waals surface area contributed by atoms with Crippen LogP contribution in [0.1, 0.15) is 38.7 Å². The van der Waals surface area contributed by atoms with E-state index < -0.39 is 0 Å². The number of nitrogens with one attached hydrogen (secondary N) is 1. The van der Waals surface area contributed by atoms with Crippen LogP contribution < -0.4 is 14.8 Å². The van der Waals surface area contributed by atoms with Crippen LogP contribution in [-0.2, 0) is 6.54 Å². The summed E-state index contributed by atoms with van der Waals surface area (Å²) in [5.41, 5.74) is 1.88. The van der Waals surface area contributed by atoms with E-state index in [9.17, 15) is 0 Å². The van der Waals surface area contributed by atoms with Crippen LogP contribution in [0.15, 0.2) is 18.2 Å². The summed E-state index contributed by atoms with van der Waals surface area (Å²) >= 11 is 0. The first-order valence-corrected chi connectivity index (χ1v) is 9.33. The van der Waals surface area contributed by atoms with Crippen molar-refractivity contribution in [3.8, 4) is 11.5 Å². The van der Waals surface area contributed by atoms with E-state index in [1.54, 1.807) is 7.11 Å². The lowest BCUT2D eigenvalue weighted by Gasteiger charge is -2.34. The Morgan fingerprint density at radius 2 is 1.92 bits per heavy atom. The second-order valence-electron chi connectivity index (χ2n) is 7.90. The van der Waals surface area contributed by atoms with Gasteiger partial charge in [-0.2, -0.15) is 0 Å². The molecule has 1 aromatic rings. The van der Waals surface area contributed by atoms with Gasteiger partial charge in [0.15, 0.2) is 11.5 Å². The summed E-state index contributed by atoms with van der Waals surface area (Å²) in [6, 6.07) is 6.38. The summed E-state index contributed by atoms with van der Waals surface area (Å²) < 4.78 is 11.4. The van der Waals surface area contributed by atoms with Crippen molar-refractivity contribution in [2.24, 2.45) is 11.3 Å². The zero-order valence-electron chi connectivity index (χ0n) is 15.8. The highest BCUT2D eigenvalue weighted by Crippen LogP contribution is 2.39. The SMILES string of the molecule is COc1ccc(CN2CCC3(CCNCC3)C2)cc1OCC(C)C.Cl. The molecule has 4 nitrogen and oxygen atoms in total. The lowest BCUT2D eigenvalue weighted by molar-refractivity contribution is 0.193. The highest BCUT2D eigenvalue weighted by Gasteiger charge is 2.38. The first-order valence-electron chi connectivity index (χ1n) is 9.33. The lowest BCUT2D eigenvalue weighted by Crippen LogP contribution is -2.38. The topological polar surface area (TPSA) is 33.7 Å². The number of hydrogen-bond donors (Lipinski definition) is 1. The van der Waals surface area contributed by atoms with Gasteiger partial charge in [-0.15, -0.1) is 12.4 Å². The monoisotopic (exact) mass is 368 g/mol. The zero-order valence-corrected chi connectivity index (χ0v) is 16.7. The molecule has 1 aromatic carbocycles. The Hall–Kier alpha value is -0.970. The van der Waals surface area contributed by atoms with Gasteiger partial charge in [0.1, 0.15) is 0 Å². The molecule has 5 heteroatoms. The van der Waals surface area contributed by atoms with Crippen molar-refractivity contribution in [1.29, 1.82) is 0 Å². The van der Waals surface area contributed by atoms with Crippen molar-refractivity contribution in [1.82, 2.24) is 10.2 Å². The van der Waals surface area contributed by atoms with Crippen LogP contribution in [0.5, 0.6) is 11.5 Å². The molecule has 2 aliphatic heterocycles. The minimum Gasteiger partial charge on any atom is -0.493 e. The molecule has 0 atom stereocenters. The minimum atomic E-state index is 0. The fraction of sp³-hybridized carbons (Fsp3) is 0.700. The second kappa shape index (κ2) is 9.11. The predicted octanol–water partition coefficient (Wildman–Crippen LogP) is 3.73. The summed E-state index contributed by atoms with van der Waals surface area (Å²) in [6.07, 6.45) is 4.01. The van der Waals surface area contributed by atoms with E-state index in [2.05, 4.69) is 36.2 Å². The van der Waals surface area contributed by atoms with E-state index in [0.29, 0.717) is 11.3 Å². The Kier molecular flexibility index (Phi) is 7.41. The average molecular weight is 369 g/mol. The smallest absolute Gasteiger partial charge is 0.161 e. The van der Waals surface area contributed by atoms with Gasteiger partial charge in [0.05, 0.1) is 13.7 Å². The second-order valence-corrected chi connectivity index (χ2v) is 7.90. The van der Waals surface area contributed by atoms with E-state index >= 15 is 0 Å². The van der Waals surface area contributed by atoms with E-state index in [-0.39, 0.29) is 12.4 Å².